The van der Waals surface area contributed by atoms with E-state index < -0.39 is 0 Å². The highest BCUT2D eigenvalue weighted by Gasteiger charge is 2.21. The second-order valence-electron chi connectivity index (χ2n) is 5.86. The first-order valence-corrected chi connectivity index (χ1v) is 7.86. The number of nitrogens with zero attached hydrogens (tertiary/aromatic N) is 2. The van der Waals surface area contributed by atoms with E-state index in [4.69, 9.17) is 4.74 Å². The molecule has 0 saturated carbocycles. The monoisotopic (exact) mass is 303 g/mol. The van der Waals surface area contributed by atoms with Gasteiger partial charge >= 0.3 is 5.97 Å². The molecule has 2 heterocycles. The lowest BCUT2D eigenvalue weighted by Gasteiger charge is -2.32. The Morgan fingerprint density at radius 2 is 2.27 bits per heavy atom. The van der Waals surface area contributed by atoms with Crippen LogP contribution in [0.25, 0.3) is 0 Å². The fourth-order valence-electron chi connectivity index (χ4n) is 2.60. The molecule has 0 atom stereocenters. The van der Waals surface area contributed by atoms with E-state index in [2.05, 4.69) is 21.8 Å². The van der Waals surface area contributed by atoms with Gasteiger partial charge in [-0.3, -0.25) is 4.90 Å². The van der Waals surface area contributed by atoms with Crippen molar-refractivity contribution < 1.29 is 9.53 Å². The minimum atomic E-state index is -0.324. The standard InChI is InChI=1S/C17H25N3O2/c1-4-10-20-11-7-14(8-12-20)19-16-15(6-5-9-18-16)17(21)22-13(2)3/h4-6,9,13-14H,1,7-8,10-12H2,2-3H3,(H,18,19). The highest BCUT2D eigenvalue weighted by Crippen LogP contribution is 2.19. The molecule has 1 saturated heterocycles. The van der Waals surface area contributed by atoms with Gasteiger partial charge in [-0.25, -0.2) is 9.78 Å². The van der Waals surface area contributed by atoms with Crippen LogP contribution in [0.2, 0.25) is 0 Å². The first-order chi connectivity index (χ1) is 10.6. The predicted molar refractivity (Wildman–Crippen MR) is 88.1 cm³/mol. The molecule has 0 bridgehead atoms. The van der Waals surface area contributed by atoms with Crippen LogP contribution in [0.5, 0.6) is 0 Å². The molecule has 120 valence electrons. The third-order valence-electron chi connectivity index (χ3n) is 3.69. The average Bonchev–Trinajstić information content (AvgIpc) is 2.49. The van der Waals surface area contributed by atoms with Crippen molar-refractivity contribution in [2.24, 2.45) is 0 Å². The number of ether oxygens (including phenoxy) is 1. The molecule has 0 aromatic carbocycles. The smallest absolute Gasteiger partial charge is 0.342 e. The summed E-state index contributed by atoms with van der Waals surface area (Å²) in [5, 5.41) is 3.40. The van der Waals surface area contributed by atoms with E-state index in [1.54, 1.807) is 18.3 Å². The summed E-state index contributed by atoms with van der Waals surface area (Å²) in [6.45, 7) is 10.5. The van der Waals surface area contributed by atoms with E-state index in [0.717, 1.165) is 32.5 Å². The number of aromatic nitrogens is 1. The lowest BCUT2D eigenvalue weighted by atomic mass is 10.0. The third kappa shape index (κ3) is 4.56. The molecule has 1 aliphatic heterocycles. The van der Waals surface area contributed by atoms with Gasteiger partial charge in [0.1, 0.15) is 11.4 Å². The zero-order valence-electron chi connectivity index (χ0n) is 13.4. The van der Waals surface area contributed by atoms with E-state index in [1.165, 1.54) is 0 Å². The zero-order valence-corrected chi connectivity index (χ0v) is 13.4. The Morgan fingerprint density at radius 1 is 1.55 bits per heavy atom. The first-order valence-electron chi connectivity index (χ1n) is 7.86. The van der Waals surface area contributed by atoms with E-state index in [0.29, 0.717) is 17.4 Å². The molecule has 2 rings (SSSR count). The largest absolute Gasteiger partial charge is 0.459 e. The second kappa shape index (κ2) is 7.94. The number of rotatable bonds is 6. The molecule has 0 unspecified atom stereocenters. The highest BCUT2D eigenvalue weighted by molar-refractivity contribution is 5.94. The van der Waals surface area contributed by atoms with Crippen molar-refractivity contribution >= 4 is 11.8 Å². The van der Waals surface area contributed by atoms with Crippen LogP contribution in [0, 0.1) is 0 Å². The molecule has 0 radical (unpaired) electrons. The molecule has 0 aliphatic carbocycles. The van der Waals surface area contributed by atoms with Crippen LogP contribution in [-0.2, 0) is 4.74 Å². The number of likely N-dealkylation sites (tertiary alicyclic amines) is 1. The zero-order chi connectivity index (χ0) is 15.9. The van der Waals surface area contributed by atoms with Crippen molar-refractivity contribution in [1.29, 1.82) is 0 Å². The molecule has 1 aromatic heterocycles. The number of pyridine rings is 1. The van der Waals surface area contributed by atoms with Crippen molar-refractivity contribution in [3.63, 3.8) is 0 Å². The Kier molecular flexibility index (Phi) is 5.95. The van der Waals surface area contributed by atoms with Crippen LogP contribution in [0.1, 0.15) is 37.0 Å². The summed E-state index contributed by atoms with van der Waals surface area (Å²) in [7, 11) is 0. The normalized spacial score (nSPS) is 16.5. The Bertz CT molecular complexity index is 508. The summed E-state index contributed by atoms with van der Waals surface area (Å²) in [5.41, 5.74) is 0.504. The number of anilines is 1. The minimum absolute atomic E-state index is 0.136. The van der Waals surface area contributed by atoms with Gasteiger partial charge in [0.25, 0.3) is 0 Å². The Hall–Kier alpha value is -1.88. The SMILES string of the molecule is C=CCN1CCC(Nc2ncccc2C(=O)OC(C)C)CC1. The van der Waals surface area contributed by atoms with Crippen molar-refractivity contribution in [2.75, 3.05) is 25.0 Å². The molecule has 1 N–H and O–H groups in total. The number of hydrogen-bond donors (Lipinski definition) is 1. The van der Waals surface area contributed by atoms with Crippen LogP contribution < -0.4 is 5.32 Å². The molecule has 1 aromatic rings. The lowest BCUT2D eigenvalue weighted by molar-refractivity contribution is 0.0378. The quantitative estimate of drug-likeness (QED) is 0.647. The van der Waals surface area contributed by atoms with Gasteiger partial charge in [-0.1, -0.05) is 6.08 Å². The van der Waals surface area contributed by atoms with E-state index in [1.807, 2.05) is 19.9 Å². The Balaban J connectivity index is 1.98. The van der Waals surface area contributed by atoms with Gasteiger partial charge in [0, 0.05) is 31.9 Å². The van der Waals surface area contributed by atoms with Gasteiger partial charge in [0.05, 0.1) is 6.10 Å². The van der Waals surface area contributed by atoms with Gasteiger partial charge in [-0.2, -0.15) is 0 Å². The highest BCUT2D eigenvalue weighted by atomic mass is 16.5. The summed E-state index contributed by atoms with van der Waals surface area (Å²) in [5.74, 6) is 0.296. The number of esters is 1. The van der Waals surface area contributed by atoms with Gasteiger partial charge < -0.3 is 10.1 Å². The number of carbonyl (C=O) groups excluding carboxylic acids is 1. The van der Waals surface area contributed by atoms with Crippen LogP contribution in [0.15, 0.2) is 31.0 Å². The van der Waals surface area contributed by atoms with Crippen molar-refractivity contribution in [3.8, 4) is 0 Å². The number of piperidine rings is 1. The van der Waals surface area contributed by atoms with E-state index in [9.17, 15) is 4.79 Å². The lowest BCUT2D eigenvalue weighted by Crippen LogP contribution is -2.39. The minimum Gasteiger partial charge on any atom is -0.459 e. The van der Waals surface area contributed by atoms with Crippen LogP contribution >= 0.6 is 0 Å². The first kappa shape index (κ1) is 16.5. The molecule has 0 amide bonds. The van der Waals surface area contributed by atoms with E-state index >= 15 is 0 Å². The van der Waals surface area contributed by atoms with Crippen LogP contribution in [-0.4, -0.2) is 47.6 Å². The fraction of sp³-hybridized carbons (Fsp3) is 0.529. The molecule has 1 fully saturated rings. The molecular weight excluding hydrogens is 278 g/mol. The van der Waals surface area contributed by atoms with Crippen LogP contribution in [0.3, 0.4) is 0 Å². The maximum atomic E-state index is 12.1. The summed E-state index contributed by atoms with van der Waals surface area (Å²) < 4.78 is 5.28. The van der Waals surface area contributed by atoms with Crippen molar-refractivity contribution in [2.45, 2.75) is 38.8 Å². The summed E-state index contributed by atoms with van der Waals surface area (Å²) >= 11 is 0. The summed E-state index contributed by atoms with van der Waals surface area (Å²) in [6.07, 6.45) is 5.56. The molecule has 5 nitrogen and oxygen atoms in total. The number of carbonyl (C=O) groups is 1. The van der Waals surface area contributed by atoms with Crippen LogP contribution in [0.4, 0.5) is 5.82 Å². The number of nitrogens with one attached hydrogen (secondary N) is 1. The predicted octanol–water partition coefficient (Wildman–Crippen LogP) is 2.71. The molecule has 1 aliphatic rings. The van der Waals surface area contributed by atoms with Gasteiger partial charge in [-0.15, -0.1) is 6.58 Å². The van der Waals surface area contributed by atoms with Gasteiger partial charge in [0.2, 0.25) is 0 Å². The molecule has 5 heteroatoms. The van der Waals surface area contributed by atoms with Crippen molar-refractivity contribution in [3.05, 3.63) is 36.5 Å². The Morgan fingerprint density at radius 3 is 2.91 bits per heavy atom. The molecule has 22 heavy (non-hydrogen) atoms. The van der Waals surface area contributed by atoms with Gasteiger partial charge in [0.15, 0.2) is 0 Å². The molecule has 0 spiro atoms. The third-order valence-corrected chi connectivity index (χ3v) is 3.69. The van der Waals surface area contributed by atoms with E-state index in [-0.39, 0.29) is 12.1 Å². The number of hydrogen-bond acceptors (Lipinski definition) is 5. The maximum Gasteiger partial charge on any atom is 0.342 e. The summed E-state index contributed by atoms with van der Waals surface area (Å²) in [4.78, 5) is 18.8. The Labute approximate surface area is 132 Å². The topological polar surface area (TPSA) is 54.5 Å². The summed E-state index contributed by atoms with van der Waals surface area (Å²) in [6, 6.07) is 3.85. The second-order valence-corrected chi connectivity index (χ2v) is 5.86. The average molecular weight is 303 g/mol. The maximum absolute atomic E-state index is 12.1. The molecular formula is C17H25N3O2. The fourth-order valence-corrected chi connectivity index (χ4v) is 2.60. The van der Waals surface area contributed by atoms with Crippen molar-refractivity contribution in [1.82, 2.24) is 9.88 Å². The van der Waals surface area contributed by atoms with Gasteiger partial charge in [-0.05, 0) is 38.8 Å².